The zero-order valence-electron chi connectivity index (χ0n) is 12.8. The Labute approximate surface area is 129 Å². The van der Waals surface area contributed by atoms with Gasteiger partial charge in [0.05, 0.1) is 17.4 Å². The van der Waals surface area contributed by atoms with Crippen molar-refractivity contribution in [3.63, 3.8) is 0 Å². The molecule has 1 amide bonds. The van der Waals surface area contributed by atoms with Gasteiger partial charge in [0.25, 0.3) is 5.91 Å². The Morgan fingerprint density at radius 2 is 2.23 bits per heavy atom. The molecule has 1 saturated heterocycles. The molecule has 3 rings (SSSR count). The first-order valence-electron chi connectivity index (χ1n) is 7.44. The number of nitrogens with zero attached hydrogens (tertiary/aromatic N) is 3. The van der Waals surface area contributed by atoms with Crippen molar-refractivity contribution in [2.24, 2.45) is 5.92 Å². The van der Waals surface area contributed by atoms with E-state index in [0.29, 0.717) is 25.1 Å². The Kier molecular flexibility index (Phi) is 3.94. The Hall–Kier alpha value is -2.21. The van der Waals surface area contributed by atoms with Crippen molar-refractivity contribution in [1.29, 1.82) is 0 Å². The van der Waals surface area contributed by atoms with Crippen molar-refractivity contribution in [2.45, 2.75) is 26.4 Å². The molecule has 0 unspecified atom stereocenters. The van der Waals surface area contributed by atoms with E-state index in [1.165, 1.54) is 0 Å². The molecule has 0 aromatic carbocycles. The molecule has 6 heteroatoms. The summed E-state index contributed by atoms with van der Waals surface area (Å²) in [7, 11) is 0. The smallest absolute Gasteiger partial charge is 0.255 e. The van der Waals surface area contributed by atoms with Crippen LogP contribution in [-0.2, 0) is 6.42 Å². The van der Waals surface area contributed by atoms with Crippen LogP contribution in [0.5, 0.6) is 0 Å². The molecule has 2 aromatic heterocycles. The predicted molar refractivity (Wildman–Crippen MR) is 81.4 cm³/mol. The first-order valence-corrected chi connectivity index (χ1v) is 7.44. The Morgan fingerprint density at radius 3 is 2.86 bits per heavy atom. The number of aromatic amines is 1. The average molecular weight is 300 g/mol. The van der Waals surface area contributed by atoms with Crippen LogP contribution in [0.4, 0.5) is 0 Å². The first kappa shape index (κ1) is 14.7. The van der Waals surface area contributed by atoms with Gasteiger partial charge in [-0.1, -0.05) is 0 Å². The van der Waals surface area contributed by atoms with Gasteiger partial charge in [-0.2, -0.15) is 5.10 Å². The van der Waals surface area contributed by atoms with E-state index in [-0.39, 0.29) is 11.8 Å². The molecule has 0 bridgehead atoms. The van der Waals surface area contributed by atoms with E-state index in [9.17, 15) is 9.90 Å². The quantitative estimate of drug-likeness (QED) is 0.889. The van der Waals surface area contributed by atoms with Gasteiger partial charge in [0, 0.05) is 36.6 Å². The number of rotatable bonds is 3. The second-order valence-corrected chi connectivity index (χ2v) is 5.97. The SMILES string of the molecule is Cc1ccc(C(=O)N2C[C@@H](Cc3cc(C)[nH]n3)[C@@H](O)C2)cn1. The van der Waals surface area contributed by atoms with Gasteiger partial charge in [0.1, 0.15) is 0 Å². The maximum absolute atomic E-state index is 12.5. The van der Waals surface area contributed by atoms with Crippen LogP contribution in [0.2, 0.25) is 0 Å². The van der Waals surface area contributed by atoms with Crippen molar-refractivity contribution >= 4 is 5.91 Å². The number of pyridine rings is 1. The summed E-state index contributed by atoms with van der Waals surface area (Å²) in [6, 6.07) is 5.58. The highest BCUT2D eigenvalue weighted by Gasteiger charge is 2.34. The van der Waals surface area contributed by atoms with Gasteiger partial charge >= 0.3 is 0 Å². The minimum atomic E-state index is -0.514. The lowest BCUT2D eigenvalue weighted by Crippen LogP contribution is -2.29. The molecule has 2 atom stereocenters. The summed E-state index contributed by atoms with van der Waals surface area (Å²) >= 11 is 0. The molecule has 0 radical (unpaired) electrons. The highest BCUT2D eigenvalue weighted by atomic mass is 16.3. The van der Waals surface area contributed by atoms with E-state index in [1.807, 2.05) is 26.0 Å². The number of β-amino-alcohol motifs (C(OH)–C–C–N with tert-alkyl or cyclic N) is 1. The number of hydrogen-bond acceptors (Lipinski definition) is 4. The van der Waals surface area contributed by atoms with Gasteiger partial charge in [0.2, 0.25) is 0 Å². The van der Waals surface area contributed by atoms with Crippen LogP contribution in [0.15, 0.2) is 24.4 Å². The second kappa shape index (κ2) is 5.88. The van der Waals surface area contributed by atoms with E-state index in [4.69, 9.17) is 0 Å². The molecule has 1 aliphatic rings. The lowest BCUT2D eigenvalue weighted by atomic mass is 10.0. The summed E-state index contributed by atoms with van der Waals surface area (Å²) in [5.74, 6) is -0.0580. The molecule has 0 saturated carbocycles. The molecule has 3 heterocycles. The van der Waals surface area contributed by atoms with Crippen LogP contribution in [0.25, 0.3) is 0 Å². The molecule has 0 spiro atoms. The fourth-order valence-electron chi connectivity index (χ4n) is 2.85. The van der Waals surface area contributed by atoms with Gasteiger partial charge < -0.3 is 10.0 Å². The standard InChI is InChI=1S/C16H20N4O2/c1-10-3-4-12(7-17-10)16(22)20-8-13(15(21)9-20)6-14-5-11(2)18-19-14/h3-5,7,13,15,21H,6,8-9H2,1-2H3,(H,18,19)/t13-,15+/m1/s1. The number of carbonyl (C=O) groups is 1. The van der Waals surface area contributed by atoms with Crippen molar-refractivity contribution in [3.05, 3.63) is 47.0 Å². The summed E-state index contributed by atoms with van der Waals surface area (Å²) in [5.41, 5.74) is 3.37. The lowest BCUT2D eigenvalue weighted by Gasteiger charge is -2.15. The topological polar surface area (TPSA) is 82.1 Å². The number of H-pyrrole nitrogens is 1. The second-order valence-electron chi connectivity index (χ2n) is 5.97. The number of aromatic nitrogens is 3. The van der Waals surface area contributed by atoms with Crippen LogP contribution in [0, 0.1) is 19.8 Å². The van der Waals surface area contributed by atoms with Gasteiger partial charge in [-0.3, -0.25) is 14.9 Å². The molecule has 1 fully saturated rings. The van der Waals surface area contributed by atoms with Crippen LogP contribution in [0.1, 0.15) is 27.4 Å². The van der Waals surface area contributed by atoms with E-state index >= 15 is 0 Å². The van der Waals surface area contributed by atoms with Crippen molar-refractivity contribution < 1.29 is 9.90 Å². The number of aliphatic hydroxyl groups excluding tert-OH is 1. The molecule has 116 valence electrons. The fourth-order valence-corrected chi connectivity index (χ4v) is 2.85. The Balaban J connectivity index is 1.67. The number of aryl methyl sites for hydroxylation is 2. The number of nitrogens with one attached hydrogen (secondary N) is 1. The van der Waals surface area contributed by atoms with E-state index in [2.05, 4.69) is 15.2 Å². The van der Waals surface area contributed by atoms with Crippen molar-refractivity contribution in [1.82, 2.24) is 20.1 Å². The van der Waals surface area contributed by atoms with Crippen LogP contribution < -0.4 is 0 Å². The molecular weight excluding hydrogens is 280 g/mol. The fraction of sp³-hybridized carbons (Fsp3) is 0.438. The van der Waals surface area contributed by atoms with Crippen molar-refractivity contribution in [2.75, 3.05) is 13.1 Å². The molecular formula is C16H20N4O2. The molecule has 22 heavy (non-hydrogen) atoms. The van der Waals surface area contributed by atoms with Gasteiger partial charge in [-0.15, -0.1) is 0 Å². The molecule has 0 aliphatic carbocycles. The summed E-state index contributed by atoms with van der Waals surface area (Å²) in [5, 5.41) is 17.3. The van der Waals surface area contributed by atoms with Crippen LogP contribution in [-0.4, -0.2) is 50.3 Å². The third kappa shape index (κ3) is 3.01. The predicted octanol–water partition coefficient (Wildman–Crippen LogP) is 1.10. The minimum Gasteiger partial charge on any atom is -0.391 e. The monoisotopic (exact) mass is 300 g/mol. The molecule has 2 N–H and O–H groups in total. The van der Waals surface area contributed by atoms with E-state index < -0.39 is 6.10 Å². The third-order valence-corrected chi connectivity index (χ3v) is 4.08. The Morgan fingerprint density at radius 1 is 1.41 bits per heavy atom. The van der Waals surface area contributed by atoms with Gasteiger partial charge in [-0.25, -0.2) is 0 Å². The van der Waals surface area contributed by atoms with Gasteiger partial charge in [0.15, 0.2) is 0 Å². The van der Waals surface area contributed by atoms with Crippen LogP contribution >= 0.6 is 0 Å². The summed E-state index contributed by atoms with van der Waals surface area (Å²) in [4.78, 5) is 18.3. The highest BCUT2D eigenvalue weighted by Crippen LogP contribution is 2.22. The van der Waals surface area contributed by atoms with Crippen molar-refractivity contribution in [3.8, 4) is 0 Å². The van der Waals surface area contributed by atoms with Gasteiger partial charge in [-0.05, 0) is 38.5 Å². The zero-order valence-corrected chi connectivity index (χ0v) is 12.8. The highest BCUT2D eigenvalue weighted by molar-refractivity contribution is 5.94. The third-order valence-electron chi connectivity index (χ3n) is 4.08. The summed E-state index contributed by atoms with van der Waals surface area (Å²) in [6.07, 6.45) is 1.75. The van der Waals surface area contributed by atoms with E-state index in [1.54, 1.807) is 17.2 Å². The van der Waals surface area contributed by atoms with Crippen LogP contribution in [0.3, 0.4) is 0 Å². The van der Waals surface area contributed by atoms with E-state index in [0.717, 1.165) is 17.1 Å². The number of amides is 1. The number of hydrogen-bond donors (Lipinski definition) is 2. The maximum Gasteiger partial charge on any atom is 0.255 e. The maximum atomic E-state index is 12.5. The number of aliphatic hydroxyl groups is 1. The normalized spacial score (nSPS) is 21.3. The lowest BCUT2D eigenvalue weighted by molar-refractivity contribution is 0.0764. The molecule has 6 nitrogen and oxygen atoms in total. The molecule has 2 aromatic rings. The molecule has 1 aliphatic heterocycles. The largest absolute Gasteiger partial charge is 0.391 e. The average Bonchev–Trinajstić information content (AvgIpc) is 3.06. The Bertz CT molecular complexity index is 665. The minimum absolute atomic E-state index is 0.0186. The zero-order chi connectivity index (χ0) is 15.7. The number of likely N-dealkylation sites (tertiary alicyclic amines) is 1. The summed E-state index contributed by atoms with van der Waals surface area (Å²) in [6.45, 7) is 4.73. The first-order chi connectivity index (χ1) is 10.5. The summed E-state index contributed by atoms with van der Waals surface area (Å²) < 4.78 is 0. The number of carbonyl (C=O) groups excluding carboxylic acids is 1.